The van der Waals surface area contributed by atoms with Crippen molar-refractivity contribution >= 4 is 10.9 Å². The Hall–Kier alpha value is -1.45. The summed E-state index contributed by atoms with van der Waals surface area (Å²) in [6.45, 7) is 1.25. The molecule has 0 saturated heterocycles. The Morgan fingerprint density at radius 1 is 1.12 bits per heavy atom. The maximum absolute atomic E-state index is 8.61. The second kappa shape index (κ2) is 5.58. The van der Waals surface area contributed by atoms with Crippen LogP contribution in [0.15, 0.2) is 36.4 Å². The van der Waals surface area contributed by atoms with Crippen LogP contribution >= 0.6 is 0 Å². The number of para-hydroxylation sites is 1. The Morgan fingerprint density at radius 2 is 2.00 bits per heavy atom. The first-order valence-electron chi connectivity index (χ1n) is 5.43. The van der Waals surface area contributed by atoms with Crippen molar-refractivity contribution in [2.75, 3.05) is 13.2 Å². The predicted octanol–water partition coefficient (Wildman–Crippen LogP) is 2.13. The summed E-state index contributed by atoms with van der Waals surface area (Å²) < 4.78 is 5.39. The first kappa shape index (κ1) is 11.0. The van der Waals surface area contributed by atoms with Crippen molar-refractivity contribution in [1.29, 1.82) is 0 Å². The highest BCUT2D eigenvalue weighted by Gasteiger charge is 1.97. The van der Waals surface area contributed by atoms with Gasteiger partial charge in [-0.1, -0.05) is 24.3 Å². The maximum atomic E-state index is 8.61. The van der Waals surface area contributed by atoms with Crippen LogP contribution in [0.5, 0.6) is 0 Å². The zero-order chi connectivity index (χ0) is 11.2. The molecule has 84 valence electrons. The van der Waals surface area contributed by atoms with Crippen molar-refractivity contribution in [3.63, 3.8) is 0 Å². The van der Waals surface area contributed by atoms with Gasteiger partial charge in [0.05, 0.1) is 17.8 Å². The Balaban J connectivity index is 2.02. The fourth-order valence-corrected chi connectivity index (χ4v) is 1.53. The fraction of sp³-hybridized carbons (Fsp3) is 0.308. The minimum atomic E-state index is 0.172. The monoisotopic (exact) mass is 217 g/mol. The standard InChI is InChI=1S/C13H15NO2/c15-8-3-9-16-10-12-7-6-11-4-1-2-5-13(11)14-12/h1-2,4-7,15H,3,8-10H2. The first-order valence-corrected chi connectivity index (χ1v) is 5.43. The summed E-state index contributed by atoms with van der Waals surface area (Å²) in [6, 6.07) is 12.0. The van der Waals surface area contributed by atoms with E-state index in [2.05, 4.69) is 4.98 Å². The molecule has 0 saturated carbocycles. The molecule has 16 heavy (non-hydrogen) atoms. The third-order valence-electron chi connectivity index (χ3n) is 2.35. The number of pyridine rings is 1. The maximum Gasteiger partial charge on any atom is 0.0888 e. The molecule has 0 bridgehead atoms. The molecular formula is C13H15NO2. The van der Waals surface area contributed by atoms with Crippen LogP contribution < -0.4 is 0 Å². The lowest BCUT2D eigenvalue weighted by Crippen LogP contribution is -1.99. The third kappa shape index (κ3) is 2.78. The molecule has 1 aromatic heterocycles. The van der Waals surface area contributed by atoms with Crippen LogP contribution in [0.1, 0.15) is 12.1 Å². The fourth-order valence-electron chi connectivity index (χ4n) is 1.53. The second-order valence-electron chi connectivity index (χ2n) is 3.63. The van der Waals surface area contributed by atoms with E-state index >= 15 is 0 Å². The normalized spacial score (nSPS) is 10.8. The van der Waals surface area contributed by atoms with Gasteiger partial charge >= 0.3 is 0 Å². The lowest BCUT2D eigenvalue weighted by atomic mass is 10.2. The number of nitrogens with zero attached hydrogens (tertiary/aromatic N) is 1. The highest BCUT2D eigenvalue weighted by atomic mass is 16.5. The summed E-state index contributed by atoms with van der Waals surface area (Å²) in [5.74, 6) is 0. The Bertz CT molecular complexity index is 456. The lowest BCUT2D eigenvalue weighted by molar-refractivity contribution is 0.102. The largest absolute Gasteiger partial charge is 0.396 e. The van der Waals surface area contributed by atoms with E-state index in [0.29, 0.717) is 19.6 Å². The molecule has 0 radical (unpaired) electrons. The third-order valence-corrected chi connectivity index (χ3v) is 2.35. The van der Waals surface area contributed by atoms with Gasteiger partial charge in [0.1, 0.15) is 0 Å². The van der Waals surface area contributed by atoms with Gasteiger partial charge in [-0.15, -0.1) is 0 Å². The number of aliphatic hydroxyl groups excluding tert-OH is 1. The van der Waals surface area contributed by atoms with Crippen LogP contribution in [0.2, 0.25) is 0 Å². The topological polar surface area (TPSA) is 42.4 Å². The number of hydrogen-bond acceptors (Lipinski definition) is 3. The SMILES string of the molecule is OCCCOCc1ccc2ccccc2n1. The van der Waals surface area contributed by atoms with Gasteiger partial charge in [0.15, 0.2) is 0 Å². The molecule has 3 nitrogen and oxygen atoms in total. The molecule has 0 atom stereocenters. The minimum Gasteiger partial charge on any atom is -0.396 e. The van der Waals surface area contributed by atoms with Gasteiger partial charge in [0.2, 0.25) is 0 Å². The van der Waals surface area contributed by atoms with Gasteiger partial charge in [0.25, 0.3) is 0 Å². The number of ether oxygens (including phenoxy) is 1. The Morgan fingerprint density at radius 3 is 2.88 bits per heavy atom. The van der Waals surface area contributed by atoms with Gasteiger partial charge in [-0.05, 0) is 18.6 Å². The van der Waals surface area contributed by atoms with Crippen molar-refractivity contribution in [2.24, 2.45) is 0 Å². The highest BCUT2D eigenvalue weighted by molar-refractivity contribution is 5.78. The van der Waals surface area contributed by atoms with Crippen LogP contribution in [0.25, 0.3) is 10.9 Å². The second-order valence-corrected chi connectivity index (χ2v) is 3.63. The van der Waals surface area contributed by atoms with Crippen LogP contribution in [-0.4, -0.2) is 23.3 Å². The Labute approximate surface area is 94.7 Å². The lowest BCUT2D eigenvalue weighted by Gasteiger charge is -2.04. The zero-order valence-electron chi connectivity index (χ0n) is 9.10. The van der Waals surface area contributed by atoms with E-state index in [0.717, 1.165) is 16.6 Å². The summed E-state index contributed by atoms with van der Waals surface area (Å²) >= 11 is 0. The van der Waals surface area contributed by atoms with Crippen LogP contribution in [0.3, 0.4) is 0 Å². The molecule has 0 unspecified atom stereocenters. The van der Waals surface area contributed by atoms with Gasteiger partial charge in [-0.2, -0.15) is 0 Å². The molecule has 3 heteroatoms. The summed E-state index contributed by atoms with van der Waals surface area (Å²) in [4.78, 5) is 4.49. The molecule has 1 heterocycles. The molecule has 1 aromatic carbocycles. The van der Waals surface area contributed by atoms with Gasteiger partial charge in [-0.3, -0.25) is 4.98 Å². The molecule has 1 N–H and O–H groups in total. The number of rotatable bonds is 5. The van der Waals surface area contributed by atoms with Crippen molar-refractivity contribution in [3.8, 4) is 0 Å². The van der Waals surface area contributed by atoms with E-state index in [9.17, 15) is 0 Å². The molecule has 0 aliphatic rings. The predicted molar refractivity (Wildman–Crippen MR) is 63.1 cm³/mol. The number of hydrogen-bond donors (Lipinski definition) is 1. The summed E-state index contributed by atoms with van der Waals surface area (Å²) in [5.41, 5.74) is 1.92. The van der Waals surface area contributed by atoms with Crippen LogP contribution in [0.4, 0.5) is 0 Å². The molecule has 0 spiro atoms. The average molecular weight is 217 g/mol. The number of aliphatic hydroxyl groups is 1. The van der Waals surface area contributed by atoms with Crippen molar-refractivity contribution in [3.05, 3.63) is 42.1 Å². The van der Waals surface area contributed by atoms with E-state index < -0.39 is 0 Å². The minimum absolute atomic E-state index is 0.172. The highest BCUT2D eigenvalue weighted by Crippen LogP contribution is 2.12. The first-order chi connectivity index (χ1) is 7.90. The molecule has 0 amide bonds. The summed E-state index contributed by atoms with van der Waals surface area (Å²) in [6.07, 6.45) is 0.674. The van der Waals surface area contributed by atoms with Crippen molar-refractivity contribution in [2.45, 2.75) is 13.0 Å². The van der Waals surface area contributed by atoms with Crippen LogP contribution in [-0.2, 0) is 11.3 Å². The van der Waals surface area contributed by atoms with Gasteiger partial charge < -0.3 is 9.84 Å². The van der Waals surface area contributed by atoms with E-state index in [1.165, 1.54) is 0 Å². The molecule has 0 aliphatic heterocycles. The summed E-state index contributed by atoms with van der Waals surface area (Å²) in [7, 11) is 0. The van der Waals surface area contributed by atoms with E-state index in [1.807, 2.05) is 36.4 Å². The molecule has 0 fully saturated rings. The van der Waals surface area contributed by atoms with Crippen molar-refractivity contribution in [1.82, 2.24) is 4.98 Å². The molecule has 0 aliphatic carbocycles. The summed E-state index contributed by atoms with van der Waals surface area (Å²) in [5, 5.41) is 9.75. The number of benzene rings is 1. The van der Waals surface area contributed by atoms with Gasteiger partial charge in [-0.25, -0.2) is 0 Å². The molecular weight excluding hydrogens is 202 g/mol. The number of fused-ring (bicyclic) bond motifs is 1. The molecule has 2 aromatic rings. The molecule has 2 rings (SSSR count). The van der Waals surface area contributed by atoms with E-state index in [4.69, 9.17) is 9.84 Å². The van der Waals surface area contributed by atoms with Crippen molar-refractivity contribution < 1.29 is 9.84 Å². The Kier molecular flexibility index (Phi) is 3.86. The smallest absolute Gasteiger partial charge is 0.0888 e. The van der Waals surface area contributed by atoms with Crippen LogP contribution in [0, 0.1) is 0 Å². The zero-order valence-corrected chi connectivity index (χ0v) is 9.10. The average Bonchev–Trinajstić information content (AvgIpc) is 2.34. The number of aromatic nitrogens is 1. The van der Waals surface area contributed by atoms with E-state index in [1.54, 1.807) is 0 Å². The quantitative estimate of drug-likeness (QED) is 0.780. The van der Waals surface area contributed by atoms with Gasteiger partial charge in [0, 0.05) is 18.6 Å². The van der Waals surface area contributed by atoms with E-state index in [-0.39, 0.29) is 6.61 Å².